The molecule has 0 atom stereocenters. The molecule has 3 aromatic heterocycles. The number of hydrogen-bond donors (Lipinski definition) is 1. The molecule has 4 rings (SSSR count). The number of ether oxygens (including phenoxy) is 1. The van der Waals surface area contributed by atoms with E-state index in [0.717, 1.165) is 33.6 Å². The van der Waals surface area contributed by atoms with Crippen LogP contribution in [0.1, 0.15) is 23.4 Å². The zero-order valence-corrected chi connectivity index (χ0v) is 16.8. The number of fused-ring (bicyclic) bond motifs is 2. The summed E-state index contributed by atoms with van der Waals surface area (Å²) in [4.78, 5) is 20.9. The summed E-state index contributed by atoms with van der Waals surface area (Å²) < 4.78 is 9.11. The third-order valence-electron chi connectivity index (χ3n) is 5.24. The lowest BCUT2D eigenvalue weighted by Gasteiger charge is -2.11. The third kappa shape index (κ3) is 3.78. The Morgan fingerprint density at radius 1 is 1.24 bits per heavy atom. The number of nitrogens with zero attached hydrogens (tertiary/aromatic N) is 5. The average molecular weight is 392 g/mol. The van der Waals surface area contributed by atoms with Crippen LogP contribution in [0, 0.1) is 13.8 Å². The number of hydrogen-bond acceptors (Lipinski definition) is 5. The Labute approximate surface area is 168 Å². The van der Waals surface area contributed by atoms with E-state index < -0.39 is 0 Å². The van der Waals surface area contributed by atoms with Crippen LogP contribution in [0.15, 0.2) is 36.8 Å². The second-order valence-electron chi connectivity index (χ2n) is 7.02. The number of benzene rings is 1. The Hall–Kier alpha value is -3.42. The predicted octanol–water partition coefficient (Wildman–Crippen LogP) is 2.45. The minimum absolute atomic E-state index is 0.0284. The molecule has 0 aliphatic rings. The first-order valence-corrected chi connectivity index (χ1v) is 9.62. The summed E-state index contributed by atoms with van der Waals surface area (Å²) in [5.41, 5.74) is 4.04. The zero-order valence-electron chi connectivity index (χ0n) is 16.8. The molecule has 0 aliphatic heterocycles. The summed E-state index contributed by atoms with van der Waals surface area (Å²) in [6.45, 7) is 5.22. The van der Waals surface area contributed by atoms with Gasteiger partial charge in [-0.25, -0.2) is 9.50 Å². The van der Waals surface area contributed by atoms with Crippen molar-refractivity contribution in [2.45, 2.75) is 33.2 Å². The van der Waals surface area contributed by atoms with Crippen molar-refractivity contribution < 1.29 is 9.53 Å². The molecule has 0 spiro atoms. The van der Waals surface area contributed by atoms with Crippen LogP contribution in [0.25, 0.3) is 16.7 Å². The van der Waals surface area contributed by atoms with Crippen molar-refractivity contribution in [1.29, 1.82) is 0 Å². The molecule has 1 N–H and O–H groups in total. The second kappa shape index (κ2) is 7.90. The standard InChI is InChI=1S/C21H24N6O2/c1-14-18(15(2)27-21(25-14)23-13-24-27)5-7-20(28)22-9-11-26-10-8-16-12-17(29-3)4-6-19(16)26/h4,6,8,10,12-13H,5,7,9,11H2,1-3H3,(H,22,28). The van der Waals surface area contributed by atoms with Crippen molar-refractivity contribution in [3.05, 3.63) is 53.7 Å². The fourth-order valence-electron chi connectivity index (χ4n) is 3.66. The molecule has 8 nitrogen and oxygen atoms in total. The highest BCUT2D eigenvalue weighted by molar-refractivity contribution is 5.81. The van der Waals surface area contributed by atoms with Gasteiger partial charge in [-0.05, 0) is 50.1 Å². The summed E-state index contributed by atoms with van der Waals surface area (Å²) in [5, 5.41) is 8.33. The monoisotopic (exact) mass is 392 g/mol. The van der Waals surface area contributed by atoms with E-state index >= 15 is 0 Å². The van der Waals surface area contributed by atoms with Crippen molar-refractivity contribution in [2.24, 2.45) is 0 Å². The molecule has 29 heavy (non-hydrogen) atoms. The Morgan fingerprint density at radius 2 is 2.10 bits per heavy atom. The highest BCUT2D eigenvalue weighted by Gasteiger charge is 2.12. The maximum atomic E-state index is 12.3. The van der Waals surface area contributed by atoms with E-state index in [0.29, 0.717) is 31.7 Å². The molecular weight excluding hydrogens is 368 g/mol. The summed E-state index contributed by atoms with van der Waals surface area (Å²) in [6.07, 6.45) is 4.56. The number of carbonyl (C=O) groups excluding carboxylic acids is 1. The van der Waals surface area contributed by atoms with Gasteiger partial charge in [0.15, 0.2) is 0 Å². The van der Waals surface area contributed by atoms with Crippen LogP contribution < -0.4 is 10.1 Å². The molecular formula is C21H24N6O2. The number of carbonyl (C=O) groups is 1. The molecule has 0 saturated carbocycles. The van der Waals surface area contributed by atoms with Gasteiger partial charge < -0.3 is 14.6 Å². The summed E-state index contributed by atoms with van der Waals surface area (Å²) in [5.74, 6) is 1.46. The first-order valence-electron chi connectivity index (χ1n) is 9.62. The minimum atomic E-state index is 0.0284. The first kappa shape index (κ1) is 18.9. The molecule has 0 fully saturated rings. The van der Waals surface area contributed by atoms with Crippen LogP contribution >= 0.6 is 0 Å². The highest BCUT2D eigenvalue weighted by Crippen LogP contribution is 2.21. The largest absolute Gasteiger partial charge is 0.497 e. The number of aryl methyl sites for hydroxylation is 2. The smallest absolute Gasteiger partial charge is 0.252 e. The molecule has 4 aromatic rings. The Bertz CT molecular complexity index is 1180. The quantitative estimate of drug-likeness (QED) is 0.522. The van der Waals surface area contributed by atoms with Crippen molar-refractivity contribution in [3.8, 4) is 5.75 Å². The SMILES string of the molecule is COc1ccc2c(ccn2CCNC(=O)CCc2c(C)nc3ncnn3c2C)c1. The number of methoxy groups -OCH3 is 1. The fraction of sp³-hybridized carbons (Fsp3) is 0.333. The van der Waals surface area contributed by atoms with Crippen LogP contribution in [-0.4, -0.2) is 43.7 Å². The molecule has 1 aromatic carbocycles. The minimum Gasteiger partial charge on any atom is -0.497 e. The van der Waals surface area contributed by atoms with Gasteiger partial charge >= 0.3 is 0 Å². The topological polar surface area (TPSA) is 86.3 Å². The van der Waals surface area contributed by atoms with Gasteiger partial charge in [0, 0.05) is 48.0 Å². The fourth-order valence-corrected chi connectivity index (χ4v) is 3.66. The highest BCUT2D eigenvalue weighted by atomic mass is 16.5. The van der Waals surface area contributed by atoms with Crippen molar-refractivity contribution in [1.82, 2.24) is 29.5 Å². The van der Waals surface area contributed by atoms with Crippen molar-refractivity contribution in [2.75, 3.05) is 13.7 Å². The van der Waals surface area contributed by atoms with E-state index in [4.69, 9.17) is 4.74 Å². The number of aromatic nitrogens is 5. The molecule has 1 amide bonds. The number of amides is 1. The summed E-state index contributed by atoms with van der Waals surface area (Å²) >= 11 is 0. The van der Waals surface area contributed by atoms with Gasteiger partial charge in [0.25, 0.3) is 5.78 Å². The molecule has 0 bridgehead atoms. The molecule has 3 heterocycles. The summed E-state index contributed by atoms with van der Waals surface area (Å²) in [7, 11) is 1.66. The van der Waals surface area contributed by atoms with E-state index in [-0.39, 0.29) is 5.91 Å². The van der Waals surface area contributed by atoms with Crippen molar-refractivity contribution in [3.63, 3.8) is 0 Å². The molecule has 0 radical (unpaired) electrons. The van der Waals surface area contributed by atoms with E-state index in [9.17, 15) is 4.79 Å². The van der Waals surface area contributed by atoms with Gasteiger partial charge in [-0.1, -0.05) is 0 Å². The second-order valence-corrected chi connectivity index (χ2v) is 7.02. The molecule has 150 valence electrons. The molecule has 0 saturated heterocycles. The third-order valence-corrected chi connectivity index (χ3v) is 5.24. The van der Waals surface area contributed by atoms with Gasteiger partial charge in [-0.3, -0.25) is 4.79 Å². The van der Waals surface area contributed by atoms with E-state index in [1.54, 1.807) is 11.6 Å². The van der Waals surface area contributed by atoms with Crippen LogP contribution in [0.2, 0.25) is 0 Å². The van der Waals surface area contributed by atoms with Crippen LogP contribution in [0.3, 0.4) is 0 Å². The van der Waals surface area contributed by atoms with Crippen LogP contribution in [0.4, 0.5) is 0 Å². The van der Waals surface area contributed by atoms with E-state index in [1.807, 2.05) is 38.2 Å². The van der Waals surface area contributed by atoms with Crippen LogP contribution in [0.5, 0.6) is 5.75 Å². The maximum absolute atomic E-state index is 12.3. The maximum Gasteiger partial charge on any atom is 0.252 e. The van der Waals surface area contributed by atoms with Gasteiger partial charge in [0.2, 0.25) is 5.91 Å². The first-order chi connectivity index (χ1) is 14.1. The van der Waals surface area contributed by atoms with Gasteiger partial charge in [-0.2, -0.15) is 10.1 Å². The molecule has 0 unspecified atom stereocenters. The molecule has 8 heteroatoms. The average Bonchev–Trinajstić information content (AvgIpc) is 3.34. The molecule has 0 aliphatic carbocycles. The zero-order chi connectivity index (χ0) is 20.4. The Balaban J connectivity index is 1.33. The lowest BCUT2D eigenvalue weighted by molar-refractivity contribution is -0.121. The Morgan fingerprint density at radius 3 is 2.93 bits per heavy atom. The van der Waals surface area contributed by atoms with Crippen molar-refractivity contribution >= 4 is 22.6 Å². The lowest BCUT2D eigenvalue weighted by atomic mass is 10.1. The van der Waals surface area contributed by atoms with Crippen LogP contribution in [-0.2, 0) is 17.8 Å². The normalized spacial score (nSPS) is 11.3. The van der Waals surface area contributed by atoms with E-state index in [2.05, 4.69) is 31.0 Å². The predicted molar refractivity (Wildman–Crippen MR) is 110 cm³/mol. The lowest BCUT2D eigenvalue weighted by Crippen LogP contribution is -2.27. The number of nitrogens with one attached hydrogen (secondary N) is 1. The summed E-state index contributed by atoms with van der Waals surface area (Å²) in [6, 6.07) is 8.05. The number of rotatable bonds is 7. The van der Waals surface area contributed by atoms with Gasteiger partial charge in [0.05, 0.1) is 7.11 Å². The Kier molecular flexibility index (Phi) is 5.16. The van der Waals surface area contributed by atoms with Gasteiger partial charge in [0.1, 0.15) is 12.1 Å². The van der Waals surface area contributed by atoms with E-state index in [1.165, 1.54) is 6.33 Å². The van der Waals surface area contributed by atoms with Gasteiger partial charge in [-0.15, -0.1) is 0 Å².